The van der Waals surface area contributed by atoms with Crippen LogP contribution < -0.4 is 0 Å². The normalized spacial score (nSPS) is 11.3. The summed E-state index contributed by atoms with van der Waals surface area (Å²) in [7, 11) is 0. The lowest BCUT2D eigenvalue weighted by Crippen LogP contribution is -2.03. The van der Waals surface area contributed by atoms with Crippen molar-refractivity contribution in [3.05, 3.63) is 181 Å². The van der Waals surface area contributed by atoms with Crippen LogP contribution in [-0.2, 0) is 0 Å². The Labute approximate surface area is 310 Å². The highest BCUT2D eigenvalue weighted by Crippen LogP contribution is 2.39. The van der Waals surface area contributed by atoms with Gasteiger partial charge in [-0.2, -0.15) is 10.5 Å². The molecule has 3 aromatic heterocycles. The summed E-state index contributed by atoms with van der Waals surface area (Å²) in [5.74, 6) is 0.564. The minimum Gasteiger partial charge on any atom is -0.309 e. The summed E-state index contributed by atoms with van der Waals surface area (Å²) in [6.07, 6.45) is 0. The van der Waals surface area contributed by atoms with Crippen LogP contribution in [0.2, 0.25) is 0 Å². The molecular weight excluding hydrogens is 661 g/mol. The lowest BCUT2D eigenvalue weighted by atomic mass is 9.99. The van der Waals surface area contributed by atoms with Gasteiger partial charge in [0.05, 0.1) is 50.3 Å². The van der Waals surface area contributed by atoms with E-state index >= 15 is 0 Å². The van der Waals surface area contributed by atoms with E-state index in [9.17, 15) is 10.5 Å². The molecule has 0 aliphatic heterocycles. The zero-order chi connectivity index (χ0) is 36.2. The van der Waals surface area contributed by atoms with Gasteiger partial charge < -0.3 is 9.13 Å². The Morgan fingerprint density at radius 1 is 0.389 bits per heavy atom. The second-order valence-corrected chi connectivity index (χ2v) is 13.3. The van der Waals surface area contributed by atoms with Gasteiger partial charge in [-0.05, 0) is 54.6 Å². The smallest absolute Gasteiger partial charge is 0.160 e. The molecule has 0 saturated heterocycles. The summed E-state index contributed by atoms with van der Waals surface area (Å²) in [5, 5.41) is 26.0. The third kappa shape index (κ3) is 4.87. The lowest BCUT2D eigenvalue weighted by Gasteiger charge is -2.15. The molecule has 0 N–H and O–H groups in total. The number of nitriles is 2. The summed E-state index contributed by atoms with van der Waals surface area (Å²) < 4.78 is 4.37. The Bertz CT molecular complexity index is 3030. The van der Waals surface area contributed by atoms with Crippen LogP contribution in [-0.4, -0.2) is 19.1 Å². The molecule has 0 amide bonds. The van der Waals surface area contributed by atoms with Gasteiger partial charge in [-0.15, -0.1) is 0 Å². The Kier molecular flexibility index (Phi) is 7.15. The standard InChI is InChI=1S/C48H28N6/c49-29-34-25-33(42-28-41(31-13-3-1-4-14-31)51-48(52-42)32-15-5-2-6-16-32)26-35(30-50)47(34)54-45-22-12-9-19-39(45)40-27-36(23-24-46(40)54)53-43-20-10-7-17-37(43)38-18-8-11-21-44(38)53/h1-28H. The molecule has 0 aliphatic rings. The summed E-state index contributed by atoms with van der Waals surface area (Å²) in [5.41, 5.74) is 10.3. The van der Waals surface area contributed by atoms with E-state index in [2.05, 4.69) is 94.1 Å². The molecule has 0 bridgehead atoms. The van der Waals surface area contributed by atoms with E-state index in [-0.39, 0.29) is 0 Å². The number of para-hydroxylation sites is 3. The monoisotopic (exact) mass is 688 g/mol. The summed E-state index contributed by atoms with van der Waals surface area (Å²) in [6, 6.07) is 61.9. The van der Waals surface area contributed by atoms with Crippen molar-refractivity contribution in [1.82, 2.24) is 19.1 Å². The number of nitrogens with zero attached hydrogens (tertiary/aromatic N) is 6. The minimum atomic E-state index is 0.374. The Morgan fingerprint density at radius 2 is 0.852 bits per heavy atom. The van der Waals surface area contributed by atoms with E-state index in [4.69, 9.17) is 9.97 Å². The maximum atomic E-state index is 10.8. The van der Waals surface area contributed by atoms with E-state index < -0.39 is 0 Å². The molecular formula is C48H28N6. The molecule has 6 heteroatoms. The van der Waals surface area contributed by atoms with Crippen LogP contribution in [0.15, 0.2) is 170 Å². The molecule has 0 atom stereocenters. The van der Waals surface area contributed by atoms with Crippen molar-refractivity contribution in [2.24, 2.45) is 0 Å². The zero-order valence-electron chi connectivity index (χ0n) is 28.8. The fourth-order valence-electron chi connectivity index (χ4n) is 7.80. The molecule has 0 saturated carbocycles. The molecule has 0 radical (unpaired) electrons. The largest absolute Gasteiger partial charge is 0.309 e. The predicted octanol–water partition coefficient (Wildman–Crippen LogP) is 11.4. The van der Waals surface area contributed by atoms with Gasteiger partial charge in [0, 0.05) is 43.9 Å². The van der Waals surface area contributed by atoms with Crippen LogP contribution in [0.25, 0.3) is 88.9 Å². The fraction of sp³-hybridized carbons (Fsp3) is 0. The maximum absolute atomic E-state index is 10.8. The average Bonchev–Trinajstić information content (AvgIpc) is 3.76. The Hall–Kier alpha value is -7.80. The molecule has 54 heavy (non-hydrogen) atoms. The SMILES string of the molecule is N#Cc1cc(-c2cc(-c3ccccc3)nc(-c3ccccc3)n2)cc(C#N)c1-n1c2ccccc2c2cc(-n3c4ccccc4c4ccccc43)ccc21. The first kappa shape index (κ1) is 31.0. The molecule has 250 valence electrons. The Balaban J connectivity index is 1.19. The van der Waals surface area contributed by atoms with Crippen molar-refractivity contribution in [3.8, 4) is 57.4 Å². The molecule has 0 aliphatic carbocycles. The van der Waals surface area contributed by atoms with E-state index in [0.29, 0.717) is 33.9 Å². The first-order valence-electron chi connectivity index (χ1n) is 17.7. The fourth-order valence-corrected chi connectivity index (χ4v) is 7.80. The maximum Gasteiger partial charge on any atom is 0.160 e. The van der Waals surface area contributed by atoms with Gasteiger partial charge in [-0.25, -0.2) is 9.97 Å². The number of aromatic nitrogens is 4. The topological polar surface area (TPSA) is 83.2 Å². The zero-order valence-corrected chi connectivity index (χ0v) is 28.8. The van der Waals surface area contributed by atoms with Gasteiger partial charge in [0.1, 0.15) is 12.1 Å². The summed E-state index contributed by atoms with van der Waals surface area (Å²) >= 11 is 0. The van der Waals surface area contributed by atoms with Crippen molar-refractivity contribution in [3.63, 3.8) is 0 Å². The third-order valence-corrected chi connectivity index (χ3v) is 10.2. The van der Waals surface area contributed by atoms with Crippen LogP contribution in [0.4, 0.5) is 0 Å². The average molecular weight is 689 g/mol. The highest BCUT2D eigenvalue weighted by atomic mass is 15.0. The van der Waals surface area contributed by atoms with Crippen molar-refractivity contribution >= 4 is 43.6 Å². The van der Waals surface area contributed by atoms with E-state index in [1.54, 1.807) is 0 Å². The van der Waals surface area contributed by atoms with Crippen LogP contribution in [0.1, 0.15) is 11.1 Å². The van der Waals surface area contributed by atoms with Crippen LogP contribution in [0.5, 0.6) is 0 Å². The molecule has 7 aromatic carbocycles. The molecule has 0 fully saturated rings. The molecule has 10 aromatic rings. The highest BCUT2D eigenvalue weighted by molar-refractivity contribution is 6.12. The molecule has 6 nitrogen and oxygen atoms in total. The van der Waals surface area contributed by atoms with E-state index in [1.165, 1.54) is 10.8 Å². The summed E-state index contributed by atoms with van der Waals surface area (Å²) in [6.45, 7) is 0. The second-order valence-electron chi connectivity index (χ2n) is 13.3. The van der Waals surface area contributed by atoms with Crippen molar-refractivity contribution in [2.75, 3.05) is 0 Å². The van der Waals surface area contributed by atoms with Gasteiger partial charge in [0.15, 0.2) is 5.82 Å². The number of hydrogen-bond donors (Lipinski definition) is 0. The molecule has 10 rings (SSSR count). The van der Waals surface area contributed by atoms with Gasteiger partial charge in [-0.1, -0.05) is 115 Å². The number of benzene rings is 7. The quantitative estimate of drug-likeness (QED) is 0.180. The van der Waals surface area contributed by atoms with E-state index in [1.807, 2.05) is 97.1 Å². The molecule has 0 unspecified atom stereocenters. The summed E-state index contributed by atoms with van der Waals surface area (Å²) in [4.78, 5) is 9.90. The third-order valence-electron chi connectivity index (χ3n) is 10.2. The molecule has 0 spiro atoms. The number of rotatable bonds is 5. The van der Waals surface area contributed by atoms with Crippen LogP contribution in [0, 0.1) is 22.7 Å². The highest BCUT2D eigenvalue weighted by Gasteiger charge is 2.22. The number of fused-ring (bicyclic) bond motifs is 6. The first-order valence-corrected chi connectivity index (χ1v) is 17.7. The van der Waals surface area contributed by atoms with Crippen LogP contribution >= 0.6 is 0 Å². The van der Waals surface area contributed by atoms with Gasteiger partial charge >= 0.3 is 0 Å². The minimum absolute atomic E-state index is 0.374. The van der Waals surface area contributed by atoms with E-state index in [0.717, 1.165) is 55.3 Å². The Morgan fingerprint density at radius 3 is 1.43 bits per heavy atom. The van der Waals surface area contributed by atoms with Gasteiger partial charge in [0.2, 0.25) is 0 Å². The van der Waals surface area contributed by atoms with Crippen molar-refractivity contribution in [2.45, 2.75) is 0 Å². The van der Waals surface area contributed by atoms with Gasteiger partial charge in [0.25, 0.3) is 0 Å². The van der Waals surface area contributed by atoms with Crippen LogP contribution in [0.3, 0.4) is 0 Å². The lowest BCUT2D eigenvalue weighted by molar-refractivity contribution is 1.14. The van der Waals surface area contributed by atoms with Gasteiger partial charge in [-0.3, -0.25) is 0 Å². The number of hydrogen-bond acceptors (Lipinski definition) is 4. The molecule has 3 heterocycles. The second kappa shape index (κ2) is 12.5. The van der Waals surface area contributed by atoms with Crippen molar-refractivity contribution in [1.29, 1.82) is 10.5 Å². The van der Waals surface area contributed by atoms with Crippen molar-refractivity contribution < 1.29 is 0 Å². The predicted molar refractivity (Wildman–Crippen MR) is 216 cm³/mol. The first-order chi connectivity index (χ1) is 26.7.